The van der Waals surface area contributed by atoms with Gasteiger partial charge in [0, 0.05) is 66.7 Å². The summed E-state index contributed by atoms with van der Waals surface area (Å²) in [6.45, 7) is 10.4. The second kappa shape index (κ2) is 12.4. The number of aliphatic imine (C=N–C) groups is 1. The second-order valence-corrected chi connectivity index (χ2v) is 11.5. The van der Waals surface area contributed by atoms with Gasteiger partial charge in [-0.2, -0.15) is 5.10 Å². The van der Waals surface area contributed by atoms with Crippen LogP contribution in [0.3, 0.4) is 0 Å². The number of hydrogen-bond acceptors (Lipinski definition) is 8. The maximum atomic E-state index is 15.0. The molecule has 3 aliphatic rings. The number of halogens is 1. The van der Waals surface area contributed by atoms with Crippen molar-refractivity contribution in [3.63, 3.8) is 0 Å². The Labute approximate surface area is 240 Å². The zero-order chi connectivity index (χ0) is 29.8. The van der Waals surface area contributed by atoms with Crippen molar-refractivity contribution < 1.29 is 23.4 Å². The molecule has 0 aliphatic carbocycles. The first kappa shape index (κ1) is 30.3. The lowest BCUT2D eigenvalue weighted by molar-refractivity contribution is -0.303. The fraction of sp³-hybridized carbons (Fsp3) is 0.500. The topological polar surface area (TPSA) is 136 Å². The van der Waals surface area contributed by atoms with Crippen LogP contribution in [0.4, 0.5) is 4.32 Å². The first-order valence-electron chi connectivity index (χ1n) is 13.8. The Bertz CT molecular complexity index is 1310. The van der Waals surface area contributed by atoms with E-state index >= 15 is 0 Å². The Kier molecular flexibility index (Phi) is 9.18. The van der Waals surface area contributed by atoms with Gasteiger partial charge in [0.2, 0.25) is 5.91 Å². The van der Waals surface area contributed by atoms with Crippen molar-refractivity contribution in [2.24, 2.45) is 21.4 Å². The van der Waals surface area contributed by atoms with Crippen LogP contribution in [-0.4, -0.2) is 71.9 Å². The maximum Gasteiger partial charge on any atom is 0.596 e. The molecule has 1 unspecified atom stereocenters. The molecule has 1 fully saturated rings. The van der Waals surface area contributed by atoms with E-state index < -0.39 is 24.6 Å². The lowest BCUT2D eigenvalue weighted by Crippen LogP contribution is -2.55. The number of fused-ring (bicyclic) bond motifs is 2. The van der Waals surface area contributed by atoms with Gasteiger partial charge in [0.15, 0.2) is 5.79 Å². The Morgan fingerprint density at radius 2 is 2.07 bits per heavy atom. The summed E-state index contributed by atoms with van der Waals surface area (Å²) in [6, 6.07) is 3.90. The van der Waals surface area contributed by atoms with Crippen molar-refractivity contribution in [3.05, 3.63) is 53.3 Å². The van der Waals surface area contributed by atoms with Crippen LogP contribution < -0.4 is 16.5 Å². The molecule has 2 amide bonds. The van der Waals surface area contributed by atoms with E-state index in [0.29, 0.717) is 31.7 Å². The second-order valence-electron chi connectivity index (χ2n) is 11.5. The molecule has 4 N–H and O–H groups in total. The fourth-order valence-corrected chi connectivity index (χ4v) is 4.85. The minimum absolute atomic E-state index is 0.289. The maximum absolute atomic E-state index is 15.0. The van der Waals surface area contributed by atoms with Crippen molar-refractivity contribution in [2.75, 3.05) is 19.7 Å². The lowest BCUT2D eigenvalue weighted by Gasteiger charge is -2.44. The molecule has 1 saturated heterocycles. The predicted molar refractivity (Wildman–Crippen MR) is 157 cm³/mol. The van der Waals surface area contributed by atoms with E-state index in [0.717, 1.165) is 29.1 Å². The van der Waals surface area contributed by atoms with Gasteiger partial charge < -0.3 is 35.2 Å². The molecule has 1 aromatic heterocycles. The third-order valence-corrected chi connectivity index (χ3v) is 7.18. The molecule has 0 bridgehead atoms. The number of hydrogen-bond donors (Lipinski definition) is 3. The number of carbonyl (C=O) groups is 2. The van der Waals surface area contributed by atoms with Crippen molar-refractivity contribution in [1.82, 2.24) is 19.9 Å². The SMILES string of the molecule is CC1=CN2B(F)n3c(ccc3CCCN=CC(CCNC(=O)/C=C\NC(=O)C3OC(C)(C)OCC3(C)C)=NN)C=C12. The number of aromatic nitrogens is 1. The Morgan fingerprint density at radius 3 is 2.80 bits per heavy atom. The van der Waals surface area contributed by atoms with Gasteiger partial charge in [0.1, 0.15) is 6.10 Å². The van der Waals surface area contributed by atoms with E-state index in [1.807, 2.05) is 45.2 Å². The molecule has 3 aliphatic heterocycles. The van der Waals surface area contributed by atoms with Crippen molar-refractivity contribution in [2.45, 2.75) is 65.8 Å². The number of carbonyl (C=O) groups excluding carboxylic acids is 2. The number of aryl methyl sites for hydroxylation is 1. The van der Waals surface area contributed by atoms with Gasteiger partial charge in [0.05, 0.1) is 12.3 Å². The number of nitrogens with zero attached hydrogens (tertiary/aromatic N) is 4. The predicted octanol–water partition coefficient (Wildman–Crippen LogP) is 2.50. The van der Waals surface area contributed by atoms with Gasteiger partial charge in [-0.15, -0.1) is 0 Å². The number of ether oxygens (including phenoxy) is 2. The highest BCUT2D eigenvalue weighted by Gasteiger charge is 2.45. The van der Waals surface area contributed by atoms with Crippen molar-refractivity contribution in [1.29, 1.82) is 0 Å². The summed E-state index contributed by atoms with van der Waals surface area (Å²) >= 11 is 0. The van der Waals surface area contributed by atoms with Crippen LogP contribution in [0.5, 0.6) is 0 Å². The standard InChI is InChI=1S/C28H39BFN7O4/c1-19-17-36-23(19)15-22-9-8-21(37(22)29(36)30)7-6-12-32-16-20(35-31)10-13-33-24(38)11-14-34-26(39)25-27(2,3)18-40-28(4,5)41-25/h8-9,11,14-17,25H,6-7,10,12-13,18,31H2,1-5H3,(H,33,38)(H,34,39)/b14-11-,32-16?,35-20?. The van der Waals surface area contributed by atoms with Crippen molar-refractivity contribution >= 4 is 37.1 Å². The number of hydrazone groups is 1. The molecule has 4 rings (SSSR count). The van der Waals surface area contributed by atoms with E-state index in [2.05, 4.69) is 20.7 Å². The number of amides is 2. The average molecular weight is 567 g/mol. The molecular formula is C28H39BFN7O4. The van der Waals surface area contributed by atoms with E-state index in [9.17, 15) is 13.9 Å². The zero-order valence-electron chi connectivity index (χ0n) is 24.3. The molecule has 13 heteroatoms. The summed E-state index contributed by atoms with van der Waals surface area (Å²) in [5, 5.41) is 9.07. The van der Waals surface area contributed by atoms with Crippen molar-refractivity contribution in [3.8, 4) is 0 Å². The Morgan fingerprint density at radius 1 is 1.29 bits per heavy atom. The van der Waals surface area contributed by atoms with Crippen LogP contribution in [0, 0.1) is 5.41 Å². The molecule has 41 heavy (non-hydrogen) atoms. The number of rotatable bonds is 11. The monoisotopic (exact) mass is 567 g/mol. The zero-order valence-corrected chi connectivity index (χ0v) is 24.3. The Hall–Kier alpha value is -3.71. The molecule has 0 saturated carbocycles. The highest BCUT2D eigenvalue weighted by molar-refractivity contribution is 6.49. The van der Waals surface area contributed by atoms with Gasteiger partial charge >= 0.3 is 7.26 Å². The molecule has 11 nitrogen and oxygen atoms in total. The molecule has 1 atom stereocenters. The van der Waals surface area contributed by atoms with Crippen LogP contribution in [0.1, 0.15) is 58.8 Å². The minimum atomic E-state index is -1.22. The minimum Gasteiger partial charge on any atom is -0.352 e. The molecule has 0 radical (unpaired) electrons. The first-order chi connectivity index (χ1) is 19.4. The molecule has 0 aromatic carbocycles. The van der Waals surface area contributed by atoms with Crippen LogP contribution >= 0.6 is 0 Å². The first-order valence-corrected chi connectivity index (χ1v) is 13.8. The lowest BCUT2D eigenvalue weighted by atomic mass is 9.85. The normalized spacial score (nSPS) is 21.2. The highest BCUT2D eigenvalue weighted by atomic mass is 19.1. The van der Waals surface area contributed by atoms with E-state index in [1.54, 1.807) is 29.4 Å². The molecule has 1 aromatic rings. The van der Waals surface area contributed by atoms with E-state index in [1.165, 1.54) is 12.3 Å². The summed E-state index contributed by atoms with van der Waals surface area (Å²) in [5.74, 6) is 3.89. The third-order valence-electron chi connectivity index (χ3n) is 7.18. The van der Waals surface area contributed by atoms with Crippen LogP contribution in [0.2, 0.25) is 0 Å². The average Bonchev–Trinajstić information content (AvgIpc) is 3.33. The Balaban J connectivity index is 1.14. The third kappa shape index (κ3) is 7.15. The van der Waals surface area contributed by atoms with Crippen LogP contribution in [0.25, 0.3) is 6.08 Å². The number of nitrogens with two attached hydrogens (primary N) is 1. The largest absolute Gasteiger partial charge is 0.596 e. The van der Waals surface area contributed by atoms with Gasteiger partial charge in [-0.3, -0.25) is 18.9 Å². The summed E-state index contributed by atoms with van der Waals surface area (Å²) in [4.78, 5) is 30.8. The van der Waals surface area contributed by atoms with Crippen LogP contribution in [-0.2, 0) is 25.5 Å². The number of allylic oxidation sites excluding steroid dienone is 1. The molecule has 220 valence electrons. The summed E-state index contributed by atoms with van der Waals surface area (Å²) in [5.41, 5.74) is 3.83. The van der Waals surface area contributed by atoms with Gasteiger partial charge in [-0.25, -0.2) is 0 Å². The molecule has 4 heterocycles. The summed E-state index contributed by atoms with van der Waals surface area (Å²) in [6.07, 6.45) is 9.03. The smallest absolute Gasteiger partial charge is 0.352 e. The summed E-state index contributed by atoms with van der Waals surface area (Å²) < 4.78 is 28.1. The quantitative estimate of drug-likeness (QED) is 0.0940. The van der Waals surface area contributed by atoms with Crippen LogP contribution in [0.15, 0.2) is 52.0 Å². The summed E-state index contributed by atoms with van der Waals surface area (Å²) in [7, 11) is -1.22. The van der Waals surface area contributed by atoms with Gasteiger partial charge in [0.25, 0.3) is 5.91 Å². The highest BCUT2D eigenvalue weighted by Crippen LogP contribution is 2.36. The fourth-order valence-electron chi connectivity index (χ4n) is 4.85. The van der Waals surface area contributed by atoms with Gasteiger partial charge in [-0.1, -0.05) is 13.8 Å². The molecule has 0 spiro atoms. The van der Waals surface area contributed by atoms with E-state index in [-0.39, 0.29) is 18.4 Å². The molecular weight excluding hydrogens is 528 g/mol. The van der Waals surface area contributed by atoms with E-state index in [4.69, 9.17) is 15.3 Å². The van der Waals surface area contributed by atoms with Gasteiger partial charge in [-0.05, 0) is 57.4 Å². The number of nitrogens with one attached hydrogen (secondary N) is 2.